The van der Waals surface area contributed by atoms with Gasteiger partial charge in [-0.2, -0.15) is 0 Å². The molecule has 2 rings (SSSR count). The first-order chi connectivity index (χ1) is 12.9. The predicted octanol–water partition coefficient (Wildman–Crippen LogP) is 4.37. The Hall–Kier alpha value is -2.44. The highest BCUT2D eigenvalue weighted by Gasteiger charge is 2.35. The summed E-state index contributed by atoms with van der Waals surface area (Å²) in [5, 5.41) is 6.12. The molecule has 7 heteroatoms. The summed E-state index contributed by atoms with van der Waals surface area (Å²) in [4.78, 5) is 17.5. The van der Waals surface area contributed by atoms with Crippen LogP contribution in [0.4, 0.5) is 20.3 Å². The minimum absolute atomic E-state index is 0.0945. The Labute approximate surface area is 159 Å². The Balaban J connectivity index is 2.05. The fourth-order valence-corrected chi connectivity index (χ4v) is 3.24. The first-order valence-corrected chi connectivity index (χ1v) is 9.22. The fraction of sp³-hybridized carbons (Fsp3) is 0.500. The summed E-state index contributed by atoms with van der Waals surface area (Å²) < 4.78 is 26.6. The van der Waals surface area contributed by atoms with Gasteiger partial charge in [-0.3, -0.25) is 4.79 Å². The van der Waals surface area contributed by atoms with E-state index in [-0.39, 0.29) is 18.8 Å². The van der Waals surface area contributed by atoms with Gasteiger partial charge in [-0.1, -0.05) is 6.08 Å². The molecule has 0 aliphatic heterocycles. The number of anilines is 2. The van der Waals surface area contributed by atoms with Crippen LogP contribution in [-0.4, -0.2) is 42.9 Å². The van der Waals surface area contributed by atoms with Crippen LogP contribution in [0.25, 0.3) is 5.57 Å². The molecule has 1 saturated carbocycles. The first kappa shape index (κ1) is 20.9. The SMILES string of the molecule is C/C=C(\C=C/N(C=O)CC1CCC(F)(F)CC1)c1ccc(NC)c(NC)n1. The number of nitrogens with one attached hydrogen (secondary N) is 2. The number of amides is 1. The summed E-state index contributed by atoms with van der Waals surface area (Å²) in [7, 11) is 3.64. The number of allylic oxidation sites excluding steroid dienone is 3. The number of hydrogen-bond acceptors (Lipinski definition) is 4. The lowest BCUT2D eigenvalue weighted by atomic mass is 9.86. The summed E-state index contributed by atoms with van der Waals surface area (Å²) >= 11 is 0. The molecule has 2 N–H and O–H groups in total. The number of hydrogen-bond donors (Lipinski definition) is 2. The molecule has 0 unspecified atom stereocenters. The number of nitrogens with zero attached hydrogens (tertiary/aromatic N) is 2. The molecule has 148 valence electrons. The van der Waals surface area contributed by atoms with Crippen molar-refractivity contribution in [3.63, 3.8) is 0 Å². The van der Waals surface area contributed by atoms with Crippen LogP contribution in [-0.2, 0) is 4.79 Å². The van der Waals surface area contributed by atoms with Crippen molar-refractivity contribution in [2.45, 2.75) is 38.5 Å². The maximum Gasteiger partial charge on any atom is 0.248 e. The van der Waals surface area contributed by atoms with Gasteiger partial charge in [0.25, 0.3) is 0 Å². The summed E-state index contributed by atoms with van der Waals surface area (Å²) in [5.74, 6) is -1.71. The zero-order chi connectivity index (χ0) is 19.9. The van der Waals surface area contributed by atoms with Crippen molar-refractivity contribution in [1.82, 2.24) is 9.88 Å². The molecule has 1 amide bonds. The van der Waals surface area contributed by atoms with Gasteiger partial charge in [0.2, 0.25) is 12.3 Å². The molecule has 1 aromatic heterocycles. The van der Waals surface area contributed by atoms with E-state index in [1.54, 1.807) is 13.2 Å². The van der Waals surface area contributed by atoms with Crippen molar-refractivity contribution in [3.8, 4) is 0 Å². The number of pyridine rings is 1. The van der Waals surface area contributed by atoms with Gasteiger partial charge in [0, 0.05) is 39.7 Å². The average Bonchev–Trinajstić information content (AvgIpc) is 2.68. The number of carbonyl (C=O) groups is 1. The third-order valence-corrected chi connectivity index (χ3v) is 4.89. The van der Waals surface area contributed by atoms with E-state index in [1.165, 1.54) is 4.90 Å². The maximum absolute atomic E-state index is 13.3. The normalized spacial score (nSPS) is 17.7. The topological polar surface area (TPSA) is 57.3 Å². The molecule has 27 heavy (non-hydrogen) atoms. The molecule has 1 fully saturated rings. The lowest BCUT2D eigenvalue weighted by Crippen LogP contribution is -2.31. The number of halogens is 2. The first-order valence-electron chi connectivity index (χ1n) is 9.22. The van der Waals surface area contributed by atoms with Gasteiger partial charge in [0.1, 0.15) is 5.82 Å². The molecule has 0 atom stereocenters. The van der Waals surface area contributed by atoms with E-state index in [1.807, 2.05) is 38.3 Å². The molecule has 1 aliphatic rings. The lowest BCUT2D eigenvalue weighted by Gasteiger charge is -2.30. The summed E-state index contributed by atoms with van der Waals surface area (Å²) in [6.45, 7) is 2.36. The molecule has 1 aromatic rings. The number of carbonyl (C=O) groups excluding carboxylic acids is 1. The van der Waals surface area contributed by atoms with Crippen molar-refractivity contribution in [1.29, 1.82) is 0 Å². The fourth-order valence-electron chi connectivity index (χ4n) is 3.24. The molecule has 0 radical (unpaired) electrons. The van der Waals surface area contributed by atoms with Crippen LogP contribution < -0.4 is 10.6 Å². The Morgan fingerprint density at radius 2 is 2.00 bits per heavy atom. The quantitative estimate of drug-likeness (QED) is 0.521. The molecule has 0 bridgehead atoms. The van der Waals surface area contributed by atoms with E-state index in [4.69, 9.17) is 0 Å². The van der Waals surface area contributed by atoms with Gasteiger partial charge in [0.05, 0.1) is 11.4 Å². The van der Waals surface area contributed by atoms with Crippen LogP contribution in [0, 0.1) is 5.92 Å². The van der Waals surface area contributed by atoms with Crippen LogP contribution in [0.15, 0.2) is 30.5 Å². The number of alkyl halides is 2. The molecule has 0 spiro atoms. The van der Waals surface area contributed by atoms with Crippen molar-refractivity contribution in [2.24, 2.45) is 5.92 Å². The molecule has 0 aromatic carbocycles. The second kappa shape index (κ2) is 9.48. The largest absolute Gasteiger partial charge is 0.385 e. The van der Waals surface area contributed by atoms with E-state index in [9.17, 15) is 13.6 Å². The van der Waals surface area contributed by atoms with E-state index < -0.39 is 5.92 Å². The van der Waals surface area contributed by atoms with Crippen molar-refractivity contribution in [3.05, 3.63) is 36.2 Å². The predicted molar refractivity (Wildman–Crippen MR) is 106 cm³/mol. The van der Waals surface area contributed by atoms with Crippen molar-refractivity contribution >= 4 is 23.5 Å². The van der Waals surface area contributed by atoms with E-state index in [0.29, 0.717) is 19.4 Å². The molecular weight excluding hydrogens is 350 g/mol. The Kier molecular flexibility index (Phi) is 7.33. The van der Waals surface area contributed by atoms with Gasteiger partial charge in [-0.25, -0.2) is 13.8 Å². The van der Waals surface area contributed by atoms with Gasteiger partial charge < -0.3 is 15.5 Å². The smallest absolute Gasteiger partial charge is 0.248 e. The van der Waals surface area contributed by atoms with Crippen LogP contribution in [0.2, 0.25) is 0 Å². The van der Waals surface area contributed by atoms with Gasteiger partial charge in [-0.05, 0) is 49.5 Å². The van der Waals surface area contributed by atoms with E-state index in [2.05, 4.69) is 15.6 Å². The van der Waals surface area contributed by atoms with Crippen molar-refractivity contribution in [2.75, 3.05) is 31.3 Å². The standard InChI is InChI=1S/C20H28F2N4O/c1-4-16(17-5-6-18(23-2)19(24-3)25-17)9-12-26(14-27)13-15-7-10-20(21,22)11-8-15/h4-6,9,12,14-15,23H,7-8,10-11,13H2,1-3H3,(H,24,25)/b12-9-,16-4+. The highest BCUT2D eigenvalue weighted by atomic mass is 19.3. The highest BCUT2D eigenvalue weighted by Crippen LogP contribution is 2.36. The van der Waals surface area contributed by atoms with Gasteiger partial charge >= 0.3 is 0 Å². The average molecular weight is 378 g/mol. The highest BCUT2D eigenvalue weighted by molar-refractivity contribution is 5.75. The second-order valence-electron chi connectivity index (χ2n) is 6.75. The maximum atomic E-state index is 13.3. The van der Waals surface area contributed by atoms with Crippen LogP contribution in [0.3, 0.4) is 0 Å². The Morgan fingerprint density at radius 1 is 1.30 bits per heavy atom. The Bertz CT molecular complexity index is 693. The van der Waals surface area contributed by atoms with E-state index >= 15 is 0 Å². The molecule has 5 nitrogen and oxygen atoms in total. The van der Waals surface area contributed by atoms with E-state index in [0.717, 1.165) is 29.2 Å². The minimum Gasteiger partial charge on any atom is -0.385 e. The zero-order valence-electron chi connectivity index (χ0n) is 16.1. The third kappa shape index (κ3) is 5.77. The summed E-state index contributed by atoms with van der Waals surface area (Å²) in [5.41, 5.74) is 2.54. The molecule has 1 heterocycles. The summed E-state index contributed by atoms with van der Waals surface area (Å²) in [6.07, 6.45) is 6.88. The monoisotopic (exact) mass is 378 g/mol. The zero-order valence-corrected chi connectivity index (χ0v) is 16.1. The minimum atomic E-state index is -2.55. The van der Waals surface area contributed by atoms with Crippen LogP contribution in [0.1, 0.15) is 38.3 Å². The molecule has 0 saturated heterocycles. The van der Waals surface area contributed by atoms with Gasteiger partial charge in [-0.15, -0.1) is 0 Å². The Morgan fingerprint density at radius 3 is 2.56 bits per heavy atom. The molecular formula is C20H28F2N4O. The van der Waals surface area contributed by atoms with Crippen LogP contribution in [0.5, 0.6) is 0 Å². The van der Waals surface area contributed by atoms with Gasteiger partial charge in [0.15, 0.2) is 0 Å². The third-order valence-electron chi connectivity index (χ3n) is 4.89. The second-order valence-corrected chi connectivity index (χ2v) is 6.75. The number of rotatable bonds is 8. The number of aromatic nitrogens is 1. The molecule has 1 aliphatic carbocycles. The van der Waals surface area contributed by atoms with Crippen molar-refractivity contribution < 1.29 is 13.6 Å². The summed E-state index contributed by atoms with van der Waals surface area (Å²) in [6, 6.07) is 3.84. The lowest BCUT2D eigenvalue weighted by molar-refractivity contribution is -0.116. The van der Waals surface area contributed by atoms with Crippen LogP contribution >= 0.6 is 0 Å².